The zero-order chi connectivity index (χ0) is 14.1. The SMILES string of the molecule is O=C(NC1CC1c1ccccc1)NC(C(=O)O)C1CC1. The van der Waals surface area contributed by atoms with Crippen LogP contribution in [0.1, 0.15) is 30.7 Å². The summed E-state index contributed by atoms with van der Waals surface area (Å²) in [5.74, 6) is -0.494. The lowest BCUT2D eigenvalue weighted by Crippen LogP contribution is -2.47. The molecule has 106 valence electrons. The minimum atomic E-state index is -0.946. The largest absolute Gasteiger partial charge is 0.480 e. The lowest BCUT2D eigenvalue weighted by molar-refractivity contribution is -0.139. The number of urea groups is 1. The summed E-state index contributed by atoms with van der Waals surface area (Å²) in [7, 11) is 0. The van der Waals surface area contributed by atoms with E-state index in [0.717, 1.165) is 19.3 Å². The first-order valence-electron chi connectivity index (χ1n) is 7.00. The van der Waals surface area contributed by atoms with E-state index in [1.54, 1.807) is 0 Å². The monoisotopic (exact) mass is 274 g/mol. The molecule has 3 rings (SSSR count). The molecule has 5 nitrogen and oxygen atoms in total. The number of aliphatic carboxylic acids is 1. The van der Waals surface area contributed by atoms with E-state index >= 15 is 0 Å². The molecule has 0 bridgehead atoms. The van der Waals surface area contributed by atoms with Gasteiger partial charge in [0.25, 0.3) is 0 Å². The Morgan fingerprint density at radius 3 is 2.50 bits per heavy atom. The van der Waals surface area contributed by atoms with Gasteiger partial charge < -0.3 is 15.7 Å². The van der Waals surface area contributed by atoms with Gasteiger partial charge in [-0.15, -0.1) is 0 Å². The summed E-state index contributed by atoms with van der Waals surface area (Å²) in [5, 5.41) is 14.5. The van der Waals surface area contributed by atoms with E-state index in [0.29, 0.717) is 5.92 Å². The number of nitrogens with one attached hydrogen (secondary N) is 2. The molecule has 0 heterocycles. The number of amides is 2. The molecular formula is C15H18N2O3. The van der Waals surface area contributed by atoms with Gasteiger partial charge in [-0.25, -0.2) is 9.59 Å². The predicted octanol–water partition coefficient (Wildman–Crippen LogP) is 1.70. The second-order valence-electron chi connectivity index (χ2n) is 5.63. The fraction of sp³-hybridized carbons (Fsp3) is 0.467. The zero-order valence-electron chi connectivity index (χ0n) is 11.1. The second kappa shape index (κ2) is 5.15. The normalized spacial score (nSPS) is 25.6. The van der Waals surface area contributed by atoms with Crippen LogP contribution in [-0.2, 0) is 4.79 Å². The van der Waals surface area contributed by atoms with Gasteiger partial charge in [-0.2, -0.15) is 0 Å². The Morgan fingerprint density at radius 1 is 1.20 bits per heavy atom. The van der Waals surface area contributed by atoms with Crippen LogP contribution in [0, 0.1) is 5.92 Å². The van der Waals surface area contributed by atoms with Crippen molar-refractivity contribution in [3.63, 3.8) is 0 Å². The lowest BCUT2D eigenvalue weighted by Gasteiger charge is -2.14. The Hall–Kier alpha value is -2.04. The number of carbonyl (C=O) groups excluding carboxylic acids is 1. The smallest absolute Gasteiger partial charge is 0.326 e. The van der Waals surface area contributed by atoms with Crippen LogP contribution in [0.15, 0.2) is 30.3 Å². The summed E-state index contributed by atoms with van der Waals surface area (Å²) in [4.78, 5) is 22.9. The van der Waals surface area contributed by atoms with Crippen molar-refractivity contribution in [2.45, 2.75) is 37.3 Å². The van der Waals surface area contributed by atoms with E-state index in [1.807, 2.05) is 18.2 Å². The maximum Gasteiger partial charge on any atom is 0.326 e. The molecule has 3 unspecified atom stereocenters. The molecule has 3 atom stereocenters. The molecule has 3 N–H and O–H groups in total. The summed E-state index contributed by atoms with van der Waals surface area (Å²) < 4.78 is 0. The topological polar surface area (TPSA) is 78.4 Å². The summed E-state index contributed by atoms with van der Waals surface area (Å²) >= 11 is 0. The number of rotatable bonds is 5. The third-order valence-electron chi connectivity index (χ3n) is 3.98. The minimum absolute atomic E-state index is 0.0994. The quantitative estimate of drug-likeness (QED) is 0.764. The van der Waals surface area contributed by atoms with Crippen LogP contribution in [0.5, 0.6) is 0 Å². The maximum atomic E-state index is 11.8. The zero-order valence-corrected chi connectivity index (χ0v) is 11.1. The van der Waals surface area contributed by atoms with Gasteiger partial charge in [0, 0.05) is 12.0 Å². The molecule has 2 aliphatic carbocycles. The van der Waals surface area contributed by atoms with Crippen molar-refractivity contribution >= 4 is 12.0 Å². The van der Waals surface area contributed by atoms with Crippen molar-refractivity contribution in [1.82, 2.24) is 10.6 Å². The van der Waals surface area contributed by atoms with E-state index < -0.39 is 12.0 Å². The van der Waals surface area contributed by atoms with Crippen LogP contribution in [-0.4, -0.2) is 29.2 Å². The highest BCUT2D eigenvalue weighted by Gasteiger charge is 2.41. The maximum absolute atomic E-state index is 11.8. The average molecular weight is 274 g/mol. The van der Waals surface area contributed by atoms with Gasteiger partial charge in [0.2, 0.25) is 0 Å². The third kappa shape index (κ3) is 2.92. The number of carbonyl (C=O) groups is 2. The molecular weight excluding hydrogens is 256 g/mol. The Labute approximate surface area is 117 Å². The minimum Gasteiger partial charge on any atom is -0.480 e. The van der Waals surface area contributed by atoms with Gasteiger partial charge in [-0.3, -0.25) is 0 Å². The number of benzene rings is 1. The number of hydrogen-bond acceptors (Lipinski definition) is 2. The van der Waals surface area contributed by atoms with Gasteiger partial charge >= 0.3 is 12.0 Å². The Kier molecular flexibility index (Phi) is 3.34. The van der Waals surface area contributed by atoms with E-state index in [-0.39, 0.29) is 18.0 Å². The number of carboxylic acids is 1. The Balaban J connectivity index is 1.49. The predicted molar refractivity (Wildman–Crippen MR) is 73.4 cm³/mol. The van der Waals surface area contributed by atoms with Crippen molar-refractivity contribution in [2.24, 2.45) is 5.92 Å². The van der Waals surface area contributed by atoms with Gasteiger partial charge in [0.15, 0.2) is 0 Å². The average Bonchev–Trinajstić information content (AvgIpc) is 3.31. The molecule has 0 radical (unpaired) electrons. The van der Waals surface area contributed by atoms with Gasteiger partial charge in [0.05, 0.1) is 0 Å². The fourth-order valence-corrected chi connectivity index (χ4v) is 2.59. The highest BCUT2D eigenvalue weighted by molar-refractivity contribution is 5.83. The molecule has 2 fully saturated rings. The van der Waals surface area contributed by atoms with Crippen molar-refractivity contribution in [2.75, 3.05) is 0 Å². The summed E-state index contributed by atoms with van der Waals surface area (Å²) in [6, 6.07) is 9.04. The first-order valence-corrected chi connectivity index (χ1v) is 7.00. The molecule has 1 aromatic rings. The summed E-state index contributed by atoms with van der Waals surface area (Å²) in [6.45, 7) is 0. The first-order chi connectivity index (χ1) is 9.65. The lowest BCUT2D eigenvalue weighted by atomic mass is 10.1. The van der Waals surface area contributed by atoms with Gasteiger partial charge in [-0.05, 0) is 30.7 Å². The Morgan fingerprint density at radius 2 is 1.90 bits per heavy atom. The van der Waals surface area contributed by atoms with Crippen molar-refractivity contribution in [3.05, 3.63) is 35.9 Å². The fourth-order valence-electron chi connectivity index (χ4n) is 2.59. The van der Waals surface area contributed by atoms with Gasteiger partial charge in [-0.1, -0.05) is 30.3 Å². The molecule has 20 heavy (non-hydrogen) atoms. The van der Waals surface area contributed by atoms with E-state index in [1.165, 1.54) is 5.56 Å². The van der Waals surface area contributed by atoms with Crippen LogP contribution in [0.3, 0.4) is 0 Å². The number of hydrogen-bond donors (Lipinski definition) is 3. The van der Waals surface area contributed by atoms with Crippen molar-refractivity contribution in [1.29, 1.82) is 0 Å². The van der Waals surface area contributed by atoms with Crippen molar-refractivity contribution < 1.29 is 14.7 Å². The number of carboxylic acid groups (broad SMARTS) is 1. The van der Waals surface area contributed by atoms with E-state index in [9.17, 15) is 9.59 Å². The standard InChI is InChI=1S/C15H18N2O3/c18-14(19)13(10-6-7-10)17-15(20)16-12-8-11(12)9-4-2-1-3-5-9/h1-5,10-13H,6-8H2,(H,18,19)(H2,16,17,20). The highest BCUT2D eigenvalue weighted by Crippen LogP contribution is 2.40. The molecule has 2 amide bonds. The molecule has 0 spiro atoms. The van der Waals surface area contributed by atoms with Crippen molar-refractivity contribution in [3.8, 4) is 0 Å². The molecule has 0 saturated heterocycles. The summed E-state index contributed by atoms with van der Waals surface area (Å²) in [5.41, 5.74) is 1.22. The second-order valence-corrected chi connectivity index (χ2v) is 5.63. The van der Waals surface area contributed by atoms with E-state index in [4.69, 9.17) is 5.11 Å². The van der Waals surface area contributed by atoms with Crippen LogP contribution >= 0.6 is 0 Å². The molecule has 5 heteroatoms. The van der Waals surface area contributed by atoms with Crippen LogP contribution in [0.4, 0.5) is 4.79 Å². The first kappa shape index (κ1) is 13.0. The van der Waals surface area contributed by atoms with Crippen LogP contribution < -0.4 is 10.6 Å². The van der Waals surface area contributed by atoms with Gasteiger partial charge in [0.1, 0.15) is 6.04 Å². The molecule has 0 aromatic heterocycles. The van der Waals surface area contributed by atoms with E-state index in [2.05, 4.69) is 22.8 Å². The highest BCUT2D eigenvalue weighted by atomic mass is 16.4. The molecule has 1 aromatic carbocycles. The molecule has 2 aliphatic rings. The molecule has 2 saturated carbocycles. The molecule has 0 aliphatic heterocycles. The van der Waals surface area contributed by atoms with Crippen LogP contribution in [0.25, 0.3) is 0 Å². The third-order valence-corrected chi connectivity index (χ3v) is 3.98. The summed E-state index contributed by atoms with van der Waals surface area (Å²) in [6.07, 6.45) is 2.68. The van der Waals surface area contributed by atoms with Crippen LogP contribution in [0.2, 0.25) is 0 Å². The Bertz CT molecular complexity index is 513.